The number of nitrogens with zero attached hydrogens (tertiary/aromatic N) is 3. The number of nitrogens with two attached hydrogens (primary N) is 1. The first-order valence-electron chi connectivity index (χ1n) is 3.82. The first-order valence-corrected chi connectivity index (χ1v) is 3.82. The van der Waals surface area contributed by atoms with Crippen LogP contribution in [-0.4, -0.2) is 42.2 Å². The van der Waals surface area contributed by atoms with Gasteiger partial charge in [-0.25, -0.2) is 10.6 Å². The number of anilines is 1. The summed E-state index contributed by atoms with van der Waals surface area (Å²) in [5.41, 5.74) is 0. The third kappa shape index (κ3) is 2.88. The van der Waals surface area contributed by atoms with Crippen LogP contribution in [0.4, 0.5) is 5.95 Å². The van der Waals surface area contributed by atoms with Gasteiger partial charge in [0.25, 0.3) is 5.95 Å². The van der Waals surface area contributed by atoms with Gasteiger partial charge in [-0.2, -0.15) is 0 Å². The van der Waals surface area contributed by atoms with E-state index in [0.717, 1.165) is 6.54 Å². The van der Waals surface area contributed by atoms with Gasteiger partial charge in [0.15, 0.2) is 0 Å². The second-order valence-electron chi connectivity index (χ2n) is 2.92. The predicted octanol–water partition coefficient (Wildman–Crippen LogP) is -1.40. The lowest BCUT2D eigenvalue weighted by molar-refractivity contribution is 0.383. The number of aromatic nitrogens is 2. The van der Waals surface area contributed by atoms with E-state index in [1.165, 1.54) is 5.01 Å². The summed E-state index contributed by atoms with van der Waals surface area (Å²) in [6.45, 7) is 1.33. The molecule has 0 saturated heterocycles. The minimum atomic E-state index is -0.602. The summed E-state index contributed by atoms with van der Waals surface area (Å²) >= 11 is 0. The maximum Gasteiger partial charge on any atom is 0.440 e. The summed E-state index contributed by atoms with van der Waals surface area (Å²) in [7, 11) is 3.86. The van der Waals surface area contributed by atoms with Gasteiger partial charge < -0.3 is 4.90 Å². The van der Waals surface area contributed by atoms with Crippen molar-refractivity contribution in [2.24, 2.45) is 5.84 Å². The van der Waals surface area contributed by atoms with Crippen molar-refractivity contribution in [2.75, 3.05) is 32.2 Å². The molecule has 1 aromatic rings. The minimum Gasteiger partial charge on any atom is -0.308 e. The highest BCUT2D eigenvalue weighted by Crippen LogP contribution is 1.96. The van der Waals surface area contributed by atoms with E-state index in [0.29, 0.717) is 6.54 Å². The third-order valence-electron chi connectivity index (χ3n) is 1.49. The van der Waals surface area contributed by atoms with Gasteiger partial charge in [-0.3, -0.25) is 14.5 Å². The van der Waals surface area contributed by atoms with E-state index in [1.807, 2.05) is 19.0 Å². The number of aromatic amines is 1. The average molecular weight is 187 g/mol. The van der Waals surface area contributed by atoms with E-state index in [1.54, 1.807) is 0 Å². The van der Waals surface area contributed by atoms with Crippen LogP contribution in [0.3, 0.4) is 0 Å². The number of likely N-dealkylation sites (N-methyl/N-ethyl adjacent to an activating group) is 1. The summed E-state index contributed by atoms with van der Waals surface area (Å²) in [5.74, 6) is 5.21. The Morgan fingerprint density at radius 3 is 2.69 bits per heavy atom. The normalized spacial score (nSPS) is 10.8. The Kier molecular flexibility index (Phi) is 3.04. The molecule has 3 N–H and O–H groups in total. The zero-order valence-corrected chi connectivity index (χ0v) is 7.65. The van der Waals surface area contributed by atoms with Crippen LogP contribution in [0.5, 0.6) is 0 Å². The molecule has 1 aromatic heterocycles. The molecule has 0 bridgehead atoms. The number of hydrogen-bond acceptors (Lipinski definition) is 6. The van der Waals surface area contributed by atoms with Gasteiger partial charge in [-0.1, -0.05) is 0 Å². The summed E-state index contributed by atoms with van der Waals surface area (Å²) in [4.78, 5) is 14.9. The van der Waals surface area contributed by atoms with Crippen LogP contribution in [0, 0.1) is 0 Å². The molecular formula is C6H13N5O2. The second-order valence-corrected chi connectivity index (χ2v) is 2.92. The Morgan fingerprint density at radius 1 is 1.54 bits per heavy atom. The van der Waals surface area contributed by atoms with Gasteiger partial charge in [-0.15, -0.1) is 0 Å². The van der Waals surface area contributed by atoms with Crippen molar-refractivity contribution in [2.45, 2.75) is 0 Å². The van der Waals surface area contributed by atoms with Crippen LogP contribution in [0.15, 0.2) is 9.32 Å². The lowest BCUT2D eigenvalue weighted by Gasteiger charge is -2.16. The highest BCUT2D eigenvalue weighted by atomic mass is 16.5. The Labute approximate surface area is 75.1 Å². The van der Waals surface area contributed by atoms with E-state index < -0.39 is 5.76 Å². The Hall–Kier alpha value is -1.34. The van der Waals surface area contributed by atoms with E-state index in [9.17, 15) is 4.79 Å². The molecule has 0 fully saturated rings. The number of nitrogens with one attached hydrogen (secondary N) is 1. The van der Waals surface area contributed by atoms with E-state index >= 15 is 0 Å². The van der Waals surface area contributed by atoms with Crippen LogP contribution in [0.2, 0.25) is 0 Å². The van der Waals surface area contributed by atoms with Crippen LogP contribution in [0.25, 0.3) is 0 Å². The predicted molar refractivity (Wildman–Crippen MR) is 47.2 cm³/mol. The molecule has 0 atom stereocenters. The molecule has 0 aliphatic carbocycles. The fraction of sp³-hybridized carbons (Fsp3) is 0.667. The zero-order valence-electron chi connectivity index (χ0n) is 7.65. The molecule has 0 spiro atoms. The van der Waals surface area contributed by atoms with Crippen LogP contribution >= 0.6 is 0 Å². The molecule has 0 amide bonds. The molecule has 7 nitrogen and oxygen atoms in total. The molecular weight excluding hydrogens is 174 g/mol. The zero-order chi connectivity index (χ0) is 9.84. The van der Waals surface area contributed by atoms with E-state index in [2.05, 4.69) is 14.7 Å². The van der Waals surface area contributed by atoms with E-state index in [-0.39, 0.29) is 5.95 Å². The highest BCUT2D eigenvalue weighted by Gasteiger charge is 2.06. The van der Waals surface area contributed by atoms with Gasteiger partial charge in [0, 0.05) is 6.54 Å². The first kappa shape index (κ1) is 9.75. The Balaban J connectivity index is 2.48. The average Bonchev–Trinajstić information content (AvgIpc) is 2.47. The van der Waals surface area contributed by atoms with Gasteiger partial charge in [0.2, 0.25) is 0 Å². The monoisotopic (exact) mass is 187 g/mol. The number of H-pyrrole nitrogens is 1. The Bertz CT molecular complexity index is 304. The van der Waals surface area contributed by atoms with Gasteiger partial charge in [0.05, 0.1) is 6.54 Å². The second kappa shape index (κ2) is 4.06. The smallest absolute Gasteiger partial charge is 0.308 e. The van der Waals surface area contributed by atoms with Crippen LogP contribution in [0.1, 0.15) is 0 Å². The molecule has 0 aromatic carbocycles. The summed E-state index contributed by atoms with van der Waals surface area (Å²) in [6.07, 6.45) is 0. The number of rotatable bonds is 4. The summed E-state index contributed by atoms with van der Waals surface area (Å²) in [6, 6.07) is 0. The van der Waals surface area contributed by atoms with Crippen molar-refractivity contribution >= 4 is 5.95 Å². The highest BCUT2D eigenvalue weighted by molar-refractivity contribution is 5.22. The lowest BCUT2D eigenvalue weighted by atomic mass is 10.5. The van der Waals surface area contributed by atoms with Crippen molar-refractivity contribution in [3.05, 3.63) is 10.6 Å². The largest absolute Gasteiger partial charge is 0.440 e. The topological polar surface area (TPSA) is 91.4 Å². The molecule has 0 aliphatic rings. The fourth-order valence-corrected chi connectivity index (χ4v) is 0.759. The molecule has 74 valence electrons. The maximum absolute atomic E-state index is 10.6. The lowest BCUT2D eigenvalue weighted by Crippen LogP contribution is -2.38. The minimum absolute atomic E-state index is 0.242. The van der Waals surface area contributed by atoms with Gasteiger partial charge >= 0.3 is 5.76 Å². The van der Waals surface area contributed by atoms with Crippen molar-refractivity contribution in [1.82, 2.24) is 15.0 Å². The molecule has 1 heterocycles. The molecule has 1 rings (SSSR count). The number of hydrogen-bond donors (Lipinski definition) is 2. The molecule has 0 radical (unpaired) electrons. The van der Waals surface area contributed by atoms with E-state index in [4.69, 9.17) is 5.84 Å². The molecule has 0 saturated carbocycles. The van der Waals surface area contributed by atoms with Crippen molar-refractivity contribution < 1.29 is 4.52 Å². The molecule has 7 heteroatoms. The quantitative estimate of drug-likeness (QED) is 0.445. The third-order valence-corrected chi connectivity index (χ3v) is 1.49. The standard InChI is InChI=1S/C6H13N5O2/c1-10(2)3-4-11(7)5-8-6(12)13-9-5/h3-4,7H2,1-2H3,(H,8,9,12). The maximum atomic E-state index is 10.6. The van der Waals surface area contributed by atoms with Crippen molar-refractivity contribution in [1.29, 1.82) is 0 Å². The molecule has 0 unspecified atom stereocenters. The number of hydrazine groups is 1. The van der Waals surface area contributed by atoms with Crippen LogP contribution in [-0.2, 0) is 0 Å². The SMILES string of the molecule is CN(C)CCN(N)c1noc(=O)[nH]1. The molecule has 13 heavy (non-hydrogen) atoms. The first-order chi connectivity index (χ1) is 6.09. The fourth-order valence-electron chi connectivity index (χ4n) is 0.759. The van der Waals surface area contributed by atoms with Crippen molar-refractivity contribution in [3.8, 4) is 0 Å². The van der Waals surface area contributed by atoms with Gasteiger partial charge in [-0.05, 0) is 19.3 Å². The Morgan fingerprint density at radius 2 is 2.23 bits per heavy atom. The summed E-state index contributed by atoms with van der Waals surface area (Å²) < 4.78 is 4.30. The summed E-state index contributed by atoms with van der Waals surface area (Å²) in [5, 5.41) is 4.76. The van der Waals surface area contributed by atoms with Gasteiger partial charge in [0.1, 0.15) is 0 Å². The molecule has 0 aliphatic heterocycles. The van der Waals surface area contributed by atoms with Crippen molar-refractivity contribution in [3.63, 3.8) is 0 Å². The van der Waals surface area contributed by atoms with Crippen LogP contribution < -0.4 is 16.6 Å².